The summed E-state index contributed by atoms with van der Waals surface area (Å²) in [6, 6.07) is 0. The summed E-state index contributed by atoms with van der Waals surface area (Å²) < 4.78 is 15.4. The van der Waals surface area contributed by atoms with Crippen molar-refractivity contribution >= 4 is 29.6 Å². The number of nitrogens with zero attached hydrogens (tertiary/aromatic N) is 3. The quantitative estimate of drug-likeness (QED) is 0.312. The summed E-state index contributed by atoms with van der Waals surface area (Å²) in [5.41, 5.74) is 2.28. The molecule has 1 amide bonds. The van der Waals surface area contributed by atoms with Crippen LogP contribution in [0.25, 0.3) is 0 Å². The minimum Gasteiger partial charge on any atom is -0.462 e. The van der Waals surface area contributed by atoms with Crippen LogP contribution in [0.15, 0.2) is 11.4 Å². The van der Waals surface area contributed by atoms with Gasteiger partial charge in [0.1, 0.15) is 11.2 Å². The van der Waals surface area contributed by atoms with E-state index in [1.807, 2.05) is 0 Å². The van der Waals surface area contributed by atoms with Crippen LogP contribution < -0.4 is 5.43 Å². The Bertz CT molecular complexity index is 621. The van der Waals surface area contributed by atoms with E-state index < -0.39 is 17.7 Å². The lowest BCUT2D eigenvalue weighted by Crippen LogP contribution is -2.42. The summed E-state index contributed by atoms with van der Waals surface area (Å²) in [7, 11) is 1.52. The van der Waals surface area contributed by atoms with Gasteiger partial charge in [0.15, 0.2) is 11.0 Å². The maximum atomic E-state index is 12.5. The molecule has 0 saturated carbocycles. The second-order valence-corrected chi connectivity index (χ2v) is 6.85. The van der Waals surface area contributed by atoms with Crippen molar-refractivity contribution in [2.75, 3.05) is 38.5 Å². The van der Waals surface area contributed by atoms with Gasteiger partial charge in [0, 0.05) is 13.3 Å². The summed E-state index contributed by atoms with van der Waals surface area (Å²) in [6.07, 6.45) is 2.55. The minimum absolute atomic E-state index is 0.121. The van der Waals surface area contributed by atoms with Gasteiger partial charge in [-0.15, -0.1) is 0 Å². The fourth-order valence-corrected chi connectivity index (χ4v) is 2.07. The maximum Gasteiger partial charge on any atom is 0.429 e. The molecular formula is C16H26N4O5S. The topological polar surface area (TPSA) is 103 Å². The van der Waals surface area contributed by atoms with Crippen LogP contribution in [0.4, 0.5) is 10.6 Å². The number of nitrogens with one attached hydrogen (secondary N) is 1. The summed E-state index contributed by atoms with van der Waals surface area (Å²) in [5, 5.41) is 1.64. The van der Waals surface area contributed by atoms with Gasteiger partial charge >= 0.3 is 12.1 Å². The van der Waals surface area contributed by atoms with Crippen LogP contribution in [-0.4, -0.2) is 65.8 Å². The molecule has 1 N–H and O–H groups in total. The Hall–Kier alpha value is -2.07. The number of carbonyl (C=O) groups excluding carboxylic acids is 2. The Kier molecular flexibility index (Phi) is 8.59. The molecule has 0 aliphatic rings. The van der Waals surface area contributed by atoms with Crippen LogP contribution in [0.5, 0.6) is 0 Å². The van der Waals surface area contributed by atoms with Crippen molar-refractivity contribution in [1.82, 2.24) is 15.0 Å². The SMILES string of the molecule is CCOC(=O)c1cnc(SC)nc1NN(CCOC)C(=O)OC(C)(C)C. The standard InChI is InChI=1S/C16H26N4O5S/c1-7-24-13(21)11-10-17-14(26-6)18-12(11)19-20(8-9-23-5)15(22)25-16(2,3)4/h10H,7-9H2,1-6H3,(H,17,18,19). The van der Waals surface area contributed by atoms with Gasteiger partial charge in [-0.2, -0.15) is 0 Å². The molecule has 10 heteroatoms. The molecule has 0 radical (unpaired) electrons. The fourth-order valence-electron chi connectivity index (χ4n) is 1.73. The van der Waals surface area contributed by atoms with E-state index in [2.05, 4.69) is 15.4 Å². The fraction of sp³-hybridized carbons (Fsp3) is 0.625. The Morgan fingerprint density at radius 2 is 2.04 bits per heavy atom. The molecule has 0 saturated heterocycles. The van der Waals surface area contributed by atoms with E-state index in [0.29, 0.717) is 5.16 Å². The van der Waals surface area contributed by atoms with E-state index in [1.165, 1.54) is 30.1 Å². The molecule has 0 spiro atoms. The zero-order valence-corrected chi connectivity index (χ0v) is 16.8. The summed E-state index contributed by atoms with van der Waals surface area (Å²) in [4.78, 5) is 33.0. The third kappa shape index (κ3) is 7.04. The Morgan fingerprint density at radius 1 is 1.35 bits per heavy atom. The number of aromatic nitrogens is 2. The van der Waals surface area contributed by atoms with Crippen LogP contribution in [-0.2, 0) is 14.2 Å². The smallest absolute Gasteiger partial charge is 0.429 e. The number of thioether (sulfide) groups is 1. The van der Waals surface area contributed by atoms with Crippen LogP contribution in [0.1, 0.15) is 38.1 Å². The van der Waals surface area contributed by atoms with Crippen molar-refractivity contribution in [3.05, 3.63) is 11.8 Å². The number of hydrogen-bond acceptors (Lipinski definition) is 9. The van der Waals surface area contributed by atoms with E-state index in [9.17, 15) is 9.59 Å². The van der Waals surface area contributed by atoms with Crippen molar-refractivity contribution in [3.8, 4) is 0 Å². The Labute approximate surface area is 157 Å². The lowest BCUT2D eigenvalue weighted by molar-refractivity contribution is 0.0251. The maximum absolute atomic E-state index is 12.5. The van der Waals surface area contributed by atoms with Gasteiger partial charge in [-0.05, 0) is 34.0 Å². The second kappa shape index (κ2) is 10.2. The first-order valence-corrected chi connectivity index (χ1v) is 9.28. The van der Waals surface area contributed by atoms with Crippen molar-refractivity contribution in [3.63, 3.8) is 0 Å². The number of hydrogen-bond donors (Lipinski definition) is 1. The van der Waals surface area contributed by atoms with Gasteiger partial charge < -0.3 is 14.2 Å². The highest BCUT2D eigenvalue weighted by Crippen LogP contribution is 2.19. The molecule has 0 aliphatic carbocycles. The summed E-state index contributed by atoms with van der Waals surface area (Å²) >= 11 is 1.31. The van der Waals surface area contributed by atoms with E-state index in [4.69, 9.17) is 14.2 Å². The summed E-state index contributed by atoms with van der Waals surface area (Å²) in [5.74, 6) is -0.428. The van der Waals surface area contributed by atoms with Gasteiger partial charge in [-0.1, -0.05) is 11.8 Å². The molecule has 1 aromatic heterocycles. The highest BCUT2D eigenvalue weighted by atomic mass is 32.2. The lowest BCUT2D eigenvalue weighted by Gasteiger charge is -2.28. The van der Waals surface area contributed by atoms with Crippen molar-refractivity contribution in [2.45, 2.75) is 38.5 Å². The molecule has 0 bridgehead atoms. The number of methoxy groups -OCH3 is 1. The number of anilines is 1. The second-order valence-electron chi connectivity index (χ2n) is 6.08. The van der Waals surface area contributed by atoms with Gasteiger partial charge in [0.05, 0.1) is 19.8 Å². The average molecular weight is 386 g/mol. The van der Waals surface area contributed by atoms with E-state index >= 15 is 0 Å². The number of hydrazine groups is 1. The number of esters is 1. The molecule has 26 heavy (non-hydrogen) atoms. The van der Waals surface area contributed by atoms with E-state index in [0.717, 1.165) is 0 Å². The first kappa shape index (κ1) is 22.0. The molecule has 0 fully saturated rings. The van der Waals surface area contributed by atoms with Crippen LogP contribution in [0.2, 0.25) is 0 Å². The molecule has 1 aromatic rings. The van der Waals surface area contributed by atoms with Crippen molar-refractivity contribution in [2.24, 2.45) is 0 Å². The largest absolute Gasteiger partial charge is 0.462 e. The number of amides is 1. The van der Waals surface area contributed by atoms with E-state index in [-0.39, 0.29) is 31.1 Å². The predicted molar refractivity (Wildman–Crippen MR) is 98.2 cm³/mol. The van der Waals surface area contributed by atoms with Gasteiger partial charge in [0.25, 0.3) is 0 Å². The molecule has 9 nitrogen and oxygen atoms in total. The Morgan fingerprint density at radius 3 is 2.58 bits per heavy atom. The lowest BCUT2D eigenvalue weighted by atomic mass is 10.2. The molecule has 1 heterocycles. The minimum atomic E-state index is -0.676. The summed E-state index contributed by atoms with van der Waals surface area (Å²) in [6.45, 7) is 7.66. The number of carbonyl (C=O) groups is 2. The molecule has 0 aliphatic heterocycles. The molecule has 0 unspecified atom stereocenters. The number of rotatable bonds is 8. The Balaban J connectivity index is 3.14. The predicted octanol–water partition coefficient (Wildman–Crippen LogP) is 2.59. The molecule has 146 valence electrons. The third-order valence-electron chi connectivity index (χ3n) is 2.82. The van der Waals surface area contributed by atoms with E-state index in [1.54, 1.807) is 34.0 Å². The molecular weight excluding hydrogens is 360 g/mol. The number of ether oxygens (including phenoxy) is 3. The zero-order chi connectivity index (χ0) is 19.7. The monoisotopic (exact) mass is 386 g/mol. The van der Waals surface area contributed by atoms with Crippen LogP contribution in [0, 0.1) is 0 Å². The zero-order valence-electron chi connectivity index (χ0n) is 16.0. The highest BCUT2D eigenvalue weighted by molar-refractivity contribution is 7.98. The van der Waals surface area contributed by atoms with Crippen molar-refractivity contribution < 1.29 is 23.8 Å². The van der Waals surface area contributed by atoms with Gasteiger partial charge in [-0.3, -0.25) is 5.43 Å². The molecule has 1 rings (SSSR count). The first-order chi connectivity index (χ1) is 12.2. The average Bonchev–Trinajstić information content (AvgIpc) is 2.56. The van der Waals surface area contributed by atoms with Crippen molar-refractivity contribution in [1.29, 1.82) is 0 Å². The first-order valence-electron chi connectivity index (χ1n) is 8.06. The molecule has 0 aromatic carbocycles. The van der Waals surface area contributed by atoms with Gasteiger partial charge in [-0.25, -0.2) is 24.6 Å². The normalized spacial score (nSPS) is 11.0. The highest BCUT2D eigenvalue weighted by Gasteiger charge is 2.25. The third-order valence-corrected chi connectivity index (χ3v) is 3.38. The molecule has 0 atom stereocenters. The van der Waals surface area contributed by atoms with Gasteiger partial charge in [0.2, 0.25) is 0 Å². The van der Waals surface area contributed by atoms with Crippen LogP contribution >= 0.6 is 11.8 Å². The van der Waals surface area contributed by atoms with Crippen LogP contribution in [0.3, 0.4) is 0 Å².